The highest BCUT2D eigenvalue weighted by Gasteiger charge is 2.26. The average Bonchev–Trinajstić information content (AvgIpc) is 2.18. The zero-order valence-corrected chi connectivity index (χ0v) is 9.28. The first-order valence-corrected chi connectivity index (χ1v) is 5.20. The molecule has 6 heteroatoms. The smallest absolute Gasteiger partial charge is 0.326 e. The summed E-state index contributed by atoms with van der Waals surface area (Å²) in [5.41, 5.74) is 6.64. The van der Waals surface area contributed by atoms with Crippen molar-refractivity contribution in [3.05, 3.63) is 28.5 Å². The van der Waals surface area contributed by atoms with E-state index in [9.17, 15) is 13.2 Å². The summed E-state index contributed by atoms with van der Waals surface area (Å²) in [6.07, 6.45) is -3.18. The number of aromatic nitrogens is 1. The molecule has 1 rings (SSSR count). The predicted molar refractivity (Wildman–Crippen MR) is 56.1 cm³/mol. The molecule has 0 spiro atoms. The van der Waals surface area contributed by atoms with Gasteiger partial charge in [-0.2, -0.15) is 13.2 Å². The van der Waals surface area contributed by atoms with Gasteiger partial charge in [0.1, 0.15) is 0 Å². The van der Waals surface area contributed by atoms with Crippen LogP contribution in [0.4, 0.5) is 13.2 Å². The first-order valence-electron chi connectivity index (χ1n) is 4.82. The third-order valence-electron chi connectivity index (χ3n) is 2.08. The van der Waals surface area contributed by atoms with Crippen molar-refractivity contribution >= 4 is 11.6 Å². The van der Waals surface area contributed by atoms with Crippen molar-refractivity contribution in [1.82, 2.24) is 4.98 Å². The summed E-state index contributed by atoms with van der Waals surface area (Å²) >= 11 is 5.86. The van der Waals surface area contributed by atoms with Gasteiger partial charge in [0.05, 0.1) is 10.7 Å². The Morgan fingerprint density at radius 2 is 2.06 bits per heavy atom. The standard InChI is InChI=1S/C10H12ClF3N2/c11-8-4-7(5-15)6-16-9(8)2-1-3-10(12,13)14/h4,6H,1-3,5,15H2. The lowest BCUT2D eigenvalue weighted by Crippen LogP contribution is -2.08. The van der Waals surface area contributed by atoms with E-state index in [1.54, 1.807) is 6.07 Å². The van der Waals surface area contributed by atoms with Crippen molar-refractivity contribution in [3.8, 4) is 0 Å². The zero-order chi connectivity index (χ0) is 12.2. The lowest BCUT2D eigenvalue weighted by Gasteiger charge is -2.07. The van der Waals surface area contributed by atoms with Gasteiger partial charge in [-0.05, 0) is 24.5 Å². The third kappa shape index (κ3) is 4.37. The van der Waals surface area contributed by atoms with Crippen LogP contribution in [0.15, 0.2) is 12.3 Å². The van der Waals surface area contributed by atoms with Crippen LogP contribution in [-0.4, -0.2) is 11.2 Å². The van der Waals surface area contributed by atoms with Gasteiger partial charge in [0.25, 0.3) is 0 Å². The van der Waals surface area contributed by atoms with E-state index >= 15 is 0 Å². The van der Waals surface area contributed by atoms with E-state index in [0.717, 1.165) is 5.56 Å². The molecular formula is C10H12ClF3N2. The van der Waals surface area contributed by atoms with Gasteiger partial charge in [-0.15, -0.1) is 0 Å². The Morgan fingerprint density at radius 1 is 1.38 bits per heavy atom. The Labute approximate surface area is 96.6 Å². The molecule has 1 aromatic rings. The third-order valence-corrected chi connectivity index (χ3v) is 2.41. The molecule has 90 valence electrons. The van der Waals surface area contributed by atoms with Gasteiger partial charge in [0.2, 0.25) is 0 Å². The molecule has 0 bridgehead atoms. The van der Waals surface area contributed by atoms with Gasteiger partial charge in [-0.25, -0.2) is 0 Å². The first kappa shape index (κ1) is 13.3. The number of halogens is 4. The fourth-order valence-corrected chi connectivity index (χ4v) is 1.54. The molecule has 0 saturated heterocycles. The molecule has 0 saturated carbocycles. The number of pyridine rings is 1. The SMILES string of the molecule is NCc1cnc(CCCC(F)(F)F)c(Cl)c1. The lowest BCUT2D eigenvalue weighted by atomic mass is 10.1. The second-order valence-electron chi connectivity index (χ2n) is 3.44. The molecule has 0 radical (unpaired) electrons. The summed E-state index contributed by atoms with van der Waals surface area (Å²) in [7, 11) is 0. The van der Waals surface area contributed by atoms with Crippen molar-refractivity contribution < 1.29 is 13.2 Å². The molecule has 0 amide bonds. The first-order chi connectivity index (χ1) is 7.42. The molecule has 2 nitrogen and oxygen atoms in total. The number of alkyl halides is 3. The van der Waals surface area contributed by atoms with Crippen LogP contribution < -0.4 is 5.73 Å². The molecule has 0 aliphatic carbocycles. The summed E-state index contributed by atoms with van der Waals surface area (Å²) in [6, 6.07) is 1.64. The minimum Gasteiger partial charge on any atom is -0.326 e. The maximum absolute atomic E-state index is 11.9. The Balaban J connectivity index is 2.55. The van der Waals surface area contributed by atoms with Crippen LogP contribution in [0.3, 0.4) is 0 Å². The monoisotopic (exact) mass is 252 g/mol. The Hall–Kier alpha value is -0.810. The maximum atomic E-state index is 11.9. The van der Waals surface area contributed by atoms with Gasteiger partial charge < -0.3 is 5.73 Å². The molecule has 16 heavy (non-hydrogen) atoms. The molecule has 0 aliphatic rings. The summed E-state index contributed by atoms with van der Waals surface area (Å²) in [6.45, 7) is 0.315. The second-order valence-corrected chi connectivity index (χ2v) is 3.85. The molecule has 0 atom stereocenters. The summed E-state index contributed by atoms with van der Waals surface area (Å²) in [4.78, 5) is 3.99. The molecule has 2 N–H and O–H groups in total. The molecule has 1 heterocycles. The quantitative estimate of drug-likeness (QED) is 0.894. The van der Waals surface area contributed by atoms with E-state index in [4.69, 9.17) is 17.3 Å². The largest absolute Gasteiger partial charge is 0.389 e. The Kier molecular flexibility index (Phi) is 4.56. The highest BCUT2D eigenvalue weighted by Crippen LogP contribution is 2.24. The van der Waals surface area contributed by atoms with Crippen LogP contribution in [0.2, 0.25) is 5.02 Å². The zero-order valence-electron chi connectivity index (χ0n) is 8.52. The van der Waals surface area contributed by atoms with Crippen LogP contribution in [0, 0.1) is 0 Å². The second kappa shape index (κ2) is 5.50. The van der Waals surface area contributed by atoms with Gasteiger partial charge in [-0.3, -0.25) is 4.98 Å². The summed E-state index contributed by atoms with van der Waals surface area (Å²) in [5.74, 6) is 0. The van der Waals surface area contributed by atoms with Crippen molar-refractivity contribution in [2.24, 2.45) is 5.73 Å². The van der Waals surface area contributed by atoms with Crippen molar-refractivity contribution in [3.63, 3.8) is 0 Å². The van der Waals surface area contributed by atoms with E-state index in [1.807, 2.05) is 0 Å². The minimum atomic E-state index is -4.12. The summed E-state index contributed by atoms with van der Waals surface area (Å²) < 4.78 is 35.7. The summed E-state index contributed by atoms with van der Waals surface area (Å²) in [5, 5.41) is 0.380. The van der Waals surface area contributed by atoms with Crippen LogP contribution in [0.5, 0.6) is 0 Å². The van der Waals surface area contributed by atoms with Gasteiger partial charge in [0, 0.05) is 19.2 Å². The van der Waals surface area contributed by atoms with Crippen molar-refractivity contribution in [2.45, 2.75) is 32.0 Å². The Morgan fingerprint density at radius 3 is 2.56 bits per heavy atom. The molecule has 0 aliphatic heterocycles. The number of nitrogens with two attached hydrogens (primary N) is 1. The molecule has 0 fully saturated rings. The van der Waals surface area contributed by atoms with Crippen molar-refractivity contribution in [2.75, 3.05) is 0 Å². The number of aryl methyl sites for hydroxylation is 1. The molecule has 1 aromatic heterocycles. The van der Waals surface area contributed by atoms with Crippen LogP contribution in [0.1, 0.15) is 24.1 Å². The van der Waals surface area contributed by atoms with E-state index < -0.39 is 12.6 Å². The highest BCUT2D eigenvalue weighted by molar-refractivity contribution is 6.31. The van der Waals surface area contributed by atoms with E-state index in [1.165, 1.54) is 6.20 Å². The maximum Gasteiger partial charge on any atom is 0.389 e. The van der Waals surface area contributed by atoms with Crippen LogP contribution in [0.25, 0.3) is 0 Å². The fraction of sp³-hybridized carbons (Fsp3) is 0.500. The lowest BCUT2D eigenvalue weighted by molar-refractivity contribution is -0.135. The Bertz CT molecular complexity index is 352. The minimum absolute atomic E-state index is 0.00179. The average molecular weight is 253 g/mol. The van der Waals surface area contributed by atoms with Gasteiger partial charge in [0.15, 0.2) is 0 Å². The number of rotatable bonds is 4. The molecule has 0 aromatic carbocycles. The topological polar surface area (TPSA) is 38.9 Å². The van der Waals surface area contributed by atoms with E-state index in [2.05, 4.69) is 4.98 Å². The highest BCUT2D eigenvalue weighted by atomic mass is 35.5. The van der Waals surface area contributed by atoms with Crippen LogP contribution in [-0.2, 0) is 13.0 Å². The molecular weight excluding hydrogens is 241 g/mol. The van der Waals surface area contributed by atoms with Gasteiger partial charge >= 0.3 is 6.18 Å². The number of hydrogen-bond donors (Lipinski definition) is 1. The van der Waals surface area contributed by atoms with Crippen LogP contribution >= 0.6 is 11.6 Å². The van der Waals surface area contributed by atoms with E-state index in [0.29, 0.717) is 17.3 Å². The number of nitrogens with zero attached hydrogens (tertiary/aromatic N) is 1. The van der Waals surface area contributed by atoms with Gasteiger partial charge in [-0.1, -0.05) is 11.6 Å². The van der Waals surface area contributed by atoms with E-state index in [-0.39, 0.29) is 12.8 Å². The van der Waals surface area contributed by atoms with Crippen molar-refractivity contribution in [1.29, 1.82) is 0 Å². The number of hydrogen-bond acceptors (Lipinski definition) is 2. The molecule has 0 unspecified atom stereocenters. The predicted octanol–water partition coefficient (Wildman–Crippen LogP) is 3.08. The normalized spacial score (nSPS) is 11.8. The fourth-order valence-electron chi connectivity index (χ4n) is 1.26.